The Balaban J connectivity index is 2.22. The molecule has 4 heteroatoms. The van der Waals surface area contributed by atoms with Gasteiger partial charge >= 0.3 is 0 Å². The van der Waals surface area contributed by atoms with Gasteiger partial charge in [-0.15, -0.1) is 0 Å². The van der Waals surface area contributed by atoms with Crippen LogP contribution in [-0.2, 0) is 0 Å². The van der Waals surface area contributed by atoms with E-state index in [1.807, 2.05) is 13.8 Å². The number of likely N-dealkylation sites (tertiary alicyclic amines) is 1. The zero-order valence-corrected chi connectivity index (χ0v) is 8.93. The molecule has 1 unspecified atom stereocenters. The molecule has 1 amide bonds. The minimum Gasteiger partial charge on any atom is -0.459 e. The van der Waals surface area contributed by atoms with Gasteiger partial charge in [0.15, 0.2) is 5.76 Å². The van der Waals surface area contributed by atoms with E-state index in [0.717, 1.165) is 0 Å². The number of aliphatic hydroxyl groups is 1. The third kappa shape index (κ3) is 1.55. The molecule has 0 aliphatic carbocycles. The van der Waals surface area contributed by atoms with Crippen LogP contribution in [0.1, 0.15) is 30.8 Å². The van der Waals surface area contributed by atoms with Crippen molar-refractivity contribution < 1.29 is 14.3 Å². The quantitative estimate of drug-likeness (QED) is 0.757. The van der Waals surface area contributed by atoms with E-state index in [9.17, 15) is 9.90 Å². The van der Waals surface area contributed by atoms with Gasteiger partial charge in [-0.1, -0.05) is 0 Å². The number of rotatable bonds is 1. The highest BCUT2D eigenvalue weighted by atomic mass is 16.3. The van der Waals surface area contributed by atoms with Crippen LogP contribution in [-0.4, -0.2) is 34.1 Å². The Morgan fingerprint density at radius 1 is 1.67 bits per heavy atom. The topological polar surface area (TPSA) is 53.7 Å². The van der Waals surface area contributed by atoms with Crippen LogP contribution in [0.3, 0.4) is 0 Å². The Morgan fingerprint density at radius 2 is 2.40 bits per heavy atom. The highest BCUT2D eigenvalue weighted by molar-refractivity contribution is 5.92. The second-order valence-electron chi connectivity index (χ2n) is 4.39. The molecule has 0 aromatic carbocycles. The van der Waals surface area contributed by atoms with Crippen molar-refractivity contribution in [2.45, 2.75) is 31.9 Å². The molecule has 0 saturated carbocycles. The smallest absolute Gasteiger partial charge is 0.290 e. The predicted octanol–water partition coefficient (Wildman–Crippen LogP) is 1.27. The van der Waals surface area contributed by atoms with Crippen molar-refractivity contribution in [2.24, 2.45) is 0 Å². The zero-order chi connectivity index (χ0) is 11.1. The lowest BCUT2D eigenvalue weighted by molar-refractivity contribution is 0.0370. The fourth-order valence-corrected chi connectivity index (χ4v) is 1.97. The third-order valence-electron chi connectivity index (χ3n) is 3.11. The number of aliphatic hydroxyl groups excluding tert-OH is 1. The van der Waals surface area contributed by atoms with E-state index in [1.54, 1.807) is 17.0 Å². The Bertz CT molecular complexity index is 356. The number of hydrogen-bond donors (Lipinski definition) is 1. The van der Waals surface area contributed by atoms with E-state index in [0.29, 0.717) is 18.7 Å². The lowest BCUT2D eigenvalue weighted by Crippen LogP contribution is -2.47. The lowest BCUT2D eigenvalue weighted by Gasteiger charge is -2.33. The molecule has 1 saturated heterocycles. The molecule has 1 aliphatic heterocycles. The molecule has 1 aliphatic rings. The molecule has 2 rings (SSSR count). The van der Waals surface area contributed by atoms with E-state index < -0.39 is 11.6 Å². The van der Waals surface area contributed by atoms with Crippen molar-refractivity contribution in [3.63, 3.8) is 0 Å². The number of amides is 1. The van der Waals surface area contributed by atoms with Crippen LogP contribution in [0.2, 0.25) is 0 Å². The summed E-state index contributed by atoms with van der Waals surface area (Å²) in [5.74, 6) is 0.179. The van der Waals surface area contributed by atoms with Crippen LogP contribution in [0.4, 0.5) is 0 Å². The van der Waals surface area contributed by atoms with Crippen molar-refractivity contribution in [3.05, 3.63) is 24.2 Å². The highest BCUT2D eigenvalue weighted by Gasteiger charge is 2.43. The van der Waals surface area contributed by atoms with Crippen molar-refractivity contribution in [1.29, 1.82) is 0 Å². The average Bonchev–Trinajstić information content (AvgIpc) is 2.76. The largest absolute Gasteiger partial charge is 0.459 e. The minimum absolute atomic E-state index is 0.151. The van der Waals surface area contributed by atoms with Crippen LogP contribution in [0.15, 0.2) is 22.8 Å². The molecule has 1 N–H and O–H groups in total. The standard InChI is InChI=1S/C11H15NO3/c1-11(2)9(13)5-6-12(11)10(14)8-4-3-7-15-8/h3-4,7,9,13H,5-6H2,1-2H3. The Morgan fingerprint density at radius 3 is 2.87 bits per heavy atom. The van der Waals surface area contributed by atoms with Gasteiger partial charge in [-0.25, -0.2) is 0 Å². The molecule has 0 radical (unpaired) electrons. The van der Waals surface area contributed by atoms with Gasteiger partial charge in [-0.3, -0.25) is 4.79 Å². The Kier molecular flexibility index (Phi) is 2.31. The first-order chi connectivity index (χ1) is 7.03. The van der Waals surface area contributed by atoms with E-state index >= 15 is 0 Å². The second kappa shape index (κ2) is 3.38. The predicted molar refractivity (Wildman–Crippen MR) is 54.4 cm³/mol. The van der Waals surface area contributed by atoms with Gasteiger partial charge in [0, 0.05) is 6.54 Å². The third-order valence-corrected chi connectivity index (χ3v) is 3.11. The maximum atomic E-state index is 12.0. The molecule has 0 spiro atoms. The van der Waals surface area contributed by atoms with E-state index in [4.69, 9.17) is 4.42 Å². The van der Waals surface area contributed by atoms with Gasteiger partial charge < -0.3 is 14.4 Å². The summed E-state index contributed by atoms with van der Waals surface area (Å²) >= 11 is 0. The van der Waals surface area contributed by atoms with Gasteiger partial charge in [0.1, 0.15) is 0 Å². The van der Waals surface area contributed by atoms with E-state index in [2.05, 4.69) is 0 Å². The molecule has 1 aromatic rings. The molecule has 0 bridgehead atoms. The molecule has 15 heavy (non-hydrogen) atoms. The van der Waals surface area contributed by atoms with E-state index in [1.165, 1.54) is 6.26 Å². The van der Waals surface area contributed by atoms with Gasteiger partial charge in [-0.05, 0) is 32.4 Å². The summed E-state index contributed by atoms with van der Waals surface area (Å²) in [5.41, 5.74) is -0.510. The Hall–Kier alpha value is -1.29. The van der Waals surface area contributed by atoms with Crippen molar-refractivity contribution >= 4 is 5.91 Å². The highest BCUT2D eigenvalue weighted by Crippen LogP contribution is 2.30. The van der Waals surface area contributed by atoms with Crippen LogP contribution >= 0.6 is 0 Å². The summed E-state index contributed by atoms with van der Waals surface area (Å²) < 4.78 is 5.06. The summed E-state index contributed by atoms with van der Waals surface area (Å²) in [6, 6.07) is 3.33. The Labute approximate surface area is 88.5 Å². The summed E-state index contributed by atoms with van der Waals surface area (Å²) in [4.78, 5) is 13.7. The van der Waals surface area contributed by atoms with Crippen LogP contribution in [0, 0.1) is 0 Å². The summed E-state index contributed by atoms with van der Waals surface area (Å²) in [6.07, 6.45) is 1.64. The number of hydrogen-bond acceptors (Lipinski definition) is 3. The van der Waals surface area contributed by atoms with Crippen molar-refractivity contribution in [3.8, 4) is 0 Å². The van der Waals surface area contributed by atoms with Gasteiger partial charge in [0.2, 0.25) is 0 Å². The fourth-order valence-electron chi connectivity index (χ4n) is 1.97. The van der Waals surface area contributed by atoms with Crippen LogP contribution < -0.4 is 0 Å². The van der Waals surface area contributed by atoms with Crippen molar-refractivity contribution in [1.82, 2.24) is 4.90 Å². The molecule has 82 valence electrons. The maximum absolute atomic E-state index is 12.0. The van der Waals surface area contributed by atoms with Gasteiger partial charge in [0.25, 0.3) is 5.91 Å². The lowest BCUT2D eigenvalue weighted by atomic mass is 9.98. The summed E-state index contributed by atoms with van der Waals surface area (Å²) in [7, 11) is 0. The van der Waals surface area contributed by atoms with Gasteiger partial charge in [0.05, 0.1) is 17.9 Å². The summed E-state index contributed by atoms with van der Waals surface area (Å²) in [5, 5.41) is 9.75. The normalized spacial score (nSPS) is 24.5. The first-order valence-electron chi connectivity index (χ1n) is 5.07. The number of carbonyl (C=O) groups excluding carboxylic acids is 1. The minimum atomic E-state index is -0.510. The molecular formula is C11H15NO3. The first-order valence-corrected chi connectivity index (χ1v) is 5.07. The number of nitrogens with zero attached hydrogens (tertiary/aromatic N) is 1. The maximum Gasteiger partial charge on any atom is 0.290 e. The number of carbonyl (C=O) groups is 1. The van der Waals surface area contributed by atoms with Crippen LogP contribution in [0.25, 0.3) is 0 Å². The number of furan rings is 1. The first kappa shape index (κ1) is 10.2. The summed E-state index contributed by atoms with van der Waals surface area (Å²) in [6.45, 7) is 4.31. The molecule has 1 fully saturated rings. The van der Waals surface area contributed by atoms with Crippen molar-refractivity contribution in [2.75, 3.05) is 6.54 Å². The zero-order valence-electron chi connectivity index (χ0n) is 8.93. The molecule has 1 aromatic heterocycles. The second-order valence-corrected chi connectivity index (χ2v) is 4.39. The van der Waals surface area contributed by atoms with Gasteiger partial charge in [-0.2, -0.15) is 0 Å². The molecule has 2 heterocycles. The van der Waals surface area contributed by atoms with E-state index in [-0.39, 0.29) is 5.91 Å². The molecule has 1 atom stereocenters. The monoisotopic (exact) mass is 209 g/mol. The fraction of sp³-hybridized carbons (Fsp3) is 0.545. The van der Waals surface area contributed by atoms with Crippen LogP contribution in [0.5, 0.6) is 0 Å². The SMILES string of the molecule is CC1(C)C(O)CCN1C(=O)c1ccco1. The molecule has 4 nitrogen and oxygen atoms in total. The molecular weight excluding hydrogens is 194 g/mol. The average molecular weight is 209 g/mol.